The Morgan fingerprint density at radius 1 is 1.17 bits per heavy atom. The van der Waals surface area contributed by atoms with Gasteiger partial charge in [0, 0.05) is 11.6 Å². The Kier molecular flexibility index (Phi) is 6.68. The van der Waals surface area contributed by atoms with Gasteiger partial charge in [-0.15, -0.1) is 10.2 Å². The molecule has 0 saturated heterocycles. The lowest BCUT2D eigenvalue weighted by molar-refractivity contribution is -0.117. The minimum Gasteiger partial charge on any atom is -0.497 e. The number of hydrogen-bond acceptors (Lipinski definition) is 7. The third kappa shape index (κ3) is 4.95. The number of ether oxygens (including phenoxy) is 1. The normalized spacial score (nSPS) is 12.2. The lowest BCUT2D eigenvalue weighted by atomic mass is 10.2. The fourth-order valence-corrected chi connectivity index (χ4v) is 4.92. The highest BCUT2D eigenvalue weighted by Crippen LogP contribution is 2.29. The van der Waals surface area contributed by atoms with Crippen molar-refractivity contribution in [3.8, 4) is 16.3 Å². The number of carbonyl (C=O) groups is 1. The summed E-state index contributed by atoms with van der Waals surface area (Å²) in [6, 6.07) is 15.1. The summed E-state index contributed by atoms with van der Waals surface area (Å²) in [6.45, 7) is 1.75. The number of amides is 1. The minimum absolute atomic E-state index is 0.264. The lowest BCUT2D eigenvalue weighted by Crippen LogP contribution is -2.47. The highest BCUT2D eigenvalue weighted by molar-refractivity contribution is 7.92. The van der Waals surface area contributed by atoms with Gasteiger partial charge in [0.15, 0.2) is 0 Å². The zero-order valence-electron chi connectivity index (χ0n) is 16.8. The molecular weight excluding hydrogens is 424 g/mol. The first-order valence-electron chi connectivity index (χ1n) is 9.16. The number of hydrogen-bond donors (Lipinski definition) is 1. The van der Waals surface area contributed by atoms with E-state index in [1.165, 1.54) is 18.4 Å². The van der Waals surface area contributed by atoms with Gasteiger partial charge in [0.2, 0.25) is 21.1 Å². The van der Waals surface area contributed by atoms with Crippen LogP contribution >= 0.6 is 11.3 Å². The first-order chi connectivity index (χ1) is 14.3. The molecule has 3 rings (SSSR count). The van der Waals surface area contributed by atoms with Crippen molar-refractivity contribution in [2.45, 2.75) is 19.4 Å². The van der Waals surface area contributed by atoms with Crippen LogP contribution in [0.3, 0.4) is 0 Å². The molecule has 1 aromatic heterocycles. The van der Waals surface area contributed by atoms with Gasteiger partial charge in [0.25, 0.3) is 0 Å². The molecule has 1 N–H and O–H groups in total. The summed E-state index contributed by atoms with van der Waals surface area (Å²) >= 11 is 1.22. The van der Waals surface area contributed by atoms with Crippen LogP contribution in [0.1, 0.15) is 13.3 Å². The number of nitrogens with zero attached hydrogens (tertiary/aromatic N) is 3. The molecule has 1 amide bonds. The number of benzene rings is 2. The smallest absolute Gasteiger partial charge is 0.250 e. The van der Waals surface area contributed by atoms with E-state index < -0.39 is 22.0 Å². The quantitative estimate of drug-likeness (QED) is 0.569. The molecule has 1 atom stereocenters. The standard InChI is InChI=1S/C20H22N4O4S2/c1-4-17(24(30(3,26)27)15-11-8-12-16(13-15)28-2)18(25)21-20-23-22-19(29-20)14-9-6-5-7-10-14/h5-13,17H,4H2,1-3H3,(H,21,23,25)/t17-/m1/s1. The van der Waals surface area contributed by atoms with Gasteiger partial charge in [0.1, 0.15) is 16.8 Å². The van der Waals surface area contributed by atoms with Gasteiger partial charge in [-0.1, -0.05) is 54.7 Å². The molecule has 0 aliphatic heterocycles. The number of methoxy groups -OCH3 is 1. The van der Waals surface area contributed by atoms with Gasteiger partial charge in [-0.25, -0.2) is 8.42 Å². The molecule has 0 aliphatic rings. The van der Waals surface area contributed by atoms with E-state index in [-0.39, 0.29) is 6.42 Å². The molecule has 1 heterocycles. The van der Waals surface area contributed by atoms with Crippen molar-refractivity contribution in [1.29, 1.82) is 0 Å². The number of anilines is 2. The zero-order valence-corrected chi connectivity index (χ0v) is 18.4. The molecule has 30 heavy (non-hydrogen) atoms. The Morgan fingerprint density at radius 3 is 2.53 bits per heavy atom. The fraction of sp³-hybridized carbons (Fsp3) is 0.250. The average molecular weight is 447 g/mol. The average Bonchev–Trinajstić information content (AvgIpc) is 3.20. The van der Waals surface area contributed by atoms with E-state index in [0.29, 0.717) is 21.6 Å². The van der Waals surface area contributed by atoms with Crippen LogP contribution in [0, 0.1) is 0 Å². The van der Waals surface area contributed by atoms with Gasteiger partial charge >= 0.3 is 0 Å². The van der Waals surface area contributed by atoms with Crippen molar-refractivity contribution >= 4 is 38.1 Å². The number of aromatic nitrogens is 2. The zero-order chi connectivity index (χ0) is 21.7. The van der Waals surface area contributed by atoms with Crippen LogP contribution in [-0.2, 0) is 14.8 Å². The summed E-state index contributed by atoms with van der Waals surface area (Å²) in [5.74, 6) is 0.00884. The first kappa shape index (κ1) is 21.7. The largest absolute Gasteiger partial charge is 0.497 e. The van der Waals surface area contributed by atoms with Gasteiger partial charge in [0.05, 0.1) is 19.1 Å². The first-order valence-corrected chi connectivity index (χ1v) is 11.8. The van der Waals surface area contributed by atoms with Crippen molar-refractivity contribution in [2.75, 3.05) is 23.0 Å². The molecule has 3 aromatic rings. The molecule has 2 aromatic carbocycles. The number of nitrogens with one attached hydrogen (secondary N) is 1. The summed E-state index contributed by atoms with van der Waals surface area (Å²) < 4.78 is 31.4. The van der Waals surface area contributed by atoms with Gasteiger partial charge < -0.3 is 4.74 Å². The molecule has 0 aliphatic carbocycles. The third-order valence-corrected chi connectivity index (χ3v) is 6.38. The lowest BCUT2D eigenvalue weighted by Gasteiger charge is -2.29. The van der Waals surface area contributed by atoms with Crippen molar-refractivity contribution in [1.82, 2.24) is 10.2 Å². The van der Waals surface area contributed by atoms with E-state index in [4.69, 9.17) is 4.74 Å². The Labute approximate surface area is 179 Å². The molecule has 10 heteroatoms. The molecule has 0 spiro atoms. The van der Waals surface area contributed by atoms with Crippen LogP contribution in [-0.4, -0.2) is 43.9 Å². The summed E-state index contributed by atoms with van der Waals surface area (Å²) in [4.78, 5) is 13.0. The van der Waals surface area contributed by atoms with Crippen molar-refractivity contribution in [3.63, 3.8) is 0 Å². The SMILES string of the molecule is CC[C@H](C(=O)Nc1nnc(-c2ccccc2)s1)N(c1cccc(OC)c1)S(C)(=O)=O. The van der Waals surface area contributed by atoms with Crippen LogP contribution in [0.2, 0.25) is 0 Å². The van der Waals surface area contributed by atoms with E-state index in [1.807, 2.05) is 30.3 Å². The van der Waals surface area contributed by atoms with E-state index in [2.05, 4.69) is 15.5 Å². The third-order valence-electron chi connectivity index (χ3n) is 4.31. The summed E-state index contributed by atoms with van der Waals surface area (Å²) in [5.41, 5.74) is 1.23. The maximum atomic E-state index is 13.0. The van der Waals surface area contributed by atoms with Crippen molar-refractivity contribution in [3.05, 3.63) is 54.6 Å². The number of sulfonamides is 1. The molecule has 158 valence electrons. The van der Waals surface area contributed by atoms with Crippen molar-refractivity contribution < 1.29 is 17.9 Å². The predicted octanol–water partition coefficient (Wildman–Crippen LogP) is 3.40. The molecule has 8 nitrogen and oxygen atoms in total. The van der Waals surface area contributed by atoms with Crippen LogP contribution in [0.4, 0.5) is 10.8 Å². The Morgan fingerprint density at radius 2 is 1.90 bits per heavy atom. The van der Waals surface area contributed by atoms with E-state index >= 15 is 0 Å². The second-order valence-electron chi connectivity index (χ2n) is 6.45. The highest BCUT2D eigenvalue weighted by Gasteiger charge is 2.32. The topological polar surface area (TPSA) is 101 Å². The van der Waals surface area contributed by atoms with Gasteiger partial charge in [-0.05, 0) is 18.6 Å². The molecular formula is C20H22N4O4S2. The second kappa shape index (κ2) is 9.23. The van der Waals surface area contributed by atoms with Gasteiger partial charge in [-0.2, -0.15) is 0 Å². The number of rotatable bonds is 8. The number of carbonyl (C=O) groups excluding carboxylic acids is 1. The van der Waals surface area contributed by atoms with Crippen LogP contribution in [0.25, 0.3) is 10.6 Å². The van der Waals surface area contributed by atoms with Gasteiger partial charge in [-0.3, -0.25) is 14.4 Å². The maximum absolute atomic E-state index is 13.0. The molecule has 0 radical (unpaired) electrons. The molecule has 0 unspecified atom stereocenters. The molecule has 0 fully saturated rings. The fourth-order valence-electron chi connectivity index (χ4n) is 2.97. The molecule has 0 saturated carbocycles. The van der Waals surface area contributed by atoms with Crippen molar-refractivity contribution in [2.24, 2.45) is 0 Å². The molecule has 0 bridgehead atoms. The van der Waals surface area contributed by atoms with E-state index in [1.54, 1.807) is 31.2 Å². The predicted molar refractivity (Wildman–Crippen MR) is 118 cm³/mol. The Bertz CT molecular complexity index is 1120. The minimum atomic E-state index is -3.75. The Balaban J connectivity index is 1.87. The maximum Gasteiger partial charge on any atom is 0.250 e. The van der Waals surface area contributed by atoms with Crippen LogP contribution < -0.4 is 14.4 Å². The summed E-state index contributed by atoms with van der Waals surface area (Å²) in [5, 5.41) is 11.8. The Hall–Kier alpha value is -2.98. The summed E-state index contributed by atoms with van der Waals surface area (Å²) in [6.07, 6.45) is 1.33. The van der Waals surface area contributed by atoms with Crippen LogP contribution in [0.15, 0.2) is 54.6 Å². The highest BCUT2D eigenvalue weighted by atomic mass is 32.2. The van der Waals surface area contributed by atoms with E-state index in [9.17, 15) is 13.2 Å². The summed E-state index contributed by atoms with van der Waals surface area (Å²) in [7, 11) is -2.25. The van der Waals surface area contributed by atoms with Crippen LogP contribution in [0.5, 0.6) is 5.75 Å². The van der Waals surface area contributed by atoms with E-state index in [0.717, 1.165) is 16.1 Å². The second-order valence-corrected chi connectivity index (χ2v) is 9.29. The monoisotopic (exact) mass is 446 g/mol.